The first-order valence-corrected chi connectivity index (χ1v) is 4.64. The quantitative estimate of drug-likeness (QED) is 0.661. The molecule has 0 fully saturated rings. The minimum Gasteiger partial charge on any atom is -0.480 e. The van der Waals surface area contributed by atoms with Gasteiger partial charge in [0.05, 0.1) is 6.54 Å². The molecule has 0 saturated heterocycles. The second-order valence-corrected chi connectivity index (χ2v) is 3.76. The summed E-state index contributed by atoms with van der Waals surface area (Å²) in [4.78, 5) is 21.8. The summed E-state index contributed by atoms with van der Waals surface area (Å²) in [6, 6.07) is -1.01. The Kier molecular flexibility index (Phi) is 5.49. The van der Waals surface area contributed by atoms with E-state index in [9.17, 15) is 9.59 Å². The third kappa shape index (κ3) is 3.93. The van der Waals surface area contributed by atoms with Crippen LogP contribution in [-0.2, 0) is 9.59 Å². The van der Waals surface area contributed by atoms with Gasteiger partial charge in [-0.05, 0) is 12.3 Å². The van der Waals surface area contributed by atoms with Gasteiger partial charge in [0.1, 0.15) is 6.04 Å². The highest BCUT2D eigenvalue weighted by atomic mass is 35.5. The monoisotopic (exact) mass is 222 g/mol. The number of carboxylic acid groups (broad SMARTS) is 1. The number of halogens is 1. The van der Waals surface area contributed by atoms with Crippen molar-refractivity contribution in [2.24, 2.45) is 11.7 Å². The number of nitrogens with zero attached hydrogens (tertiary/aromatic N) is 1. The van der Waals surface area contributed by atoms with E-state index in [1.165, 1.54) is 0 Å². The van der Waals surface area contributed by atoms with Gasteiger partial charge >= 0.3 is 5.97 Å². The largest absolute Gasteiger partial charge is 0.480 e. The van der Waals surface area contributed by atoms with Crippen molar-refractivity contribution in [3.63, 3.8) is 0 Å². The standard InChI is InChI=1S/C8H15ClN2O3/c1-5(2)3-6(8(13)14)11(9)7(12)4-10/h5-6H,3-4,10H2,1-2H3,(H,13,14). The first kappa shape index (κ1) is 13.2. The SMILES string of the molecule is CC(C)CC(C(=O)O)N(Cl)C(=O)CN. The molecular formula is C8H15ClN2O3. The molecule has 0 aliphatic heterocycles. The van der Waals surface area contributed by atoms with E-state index in [0.717, 1.165) is 0 Å². The predicted octanol–water partition coefficient (Wildman–Crippen LogP) is 0.427. The lowest BCUT2D eigenvalue weighted by molar-refractivity contribution is -0.146. The predicted molar refractivity (Wildman–Crippen MR) is 52.6 cm³/mol. The summed E-state index contributed by atoms with van der Waals surface area (Å²) in [7, 11) is 0. The van der Waals surface area contributed by atoms with Crippen LogP contribution in [0.3, 0.4) is 0 Å². The van der Waals surface area contributed by atoms with E-state index < -0.39 is 17.9 Å². The fourth-order valence-corrected chi connectivity index (χ4v) is 1.23. The van der Waals surface area contributed by atoms with Crippen molar-refractivity contribution in [1.82, 2.24) is 4.42 Å². The van der Waals surface area contributed by atoms with E-state index >= 15 is 0 Å². The number of rotatable bonds is 5. The molecule has 1 atom stereocenters. The third-order valence-corrected chi connectivity index (χ3v) is 2.09. The number of hydrogen-bond donors (Lipinski definition) is 2. The van der Waals surface area contributed by atoms with Crippen molar-refractivity contribution in [2.45, 2.75) is 26.3 Å². The molecule has 6 heteroatoms. The van der Waals surface area contributed by atoms with Crippen molar-refractivity contribution in [2.75, 3.05) is 6.54 Å². The Morgan fingerprint density at radius 1 is 1.50 bits per heavy atom. The fourth-order valence-electron chi connectivity index (χ4n) is 0.998. The van der Waals surface area contributed by atoms with Crippen molar-refractivity contribution in [3.8, 4) is 0 Å². The van der Waals surface area contributed by atoms with Gasteiger partial charge in [0.15, 0.2) is 0 Å². The lowest BCUT2D eigenvalue weighted by Gasteiger charge is -2.22. The number of aliphatic carboxylic acids is 1. The second-order valence-electron chi connectivity index (χ2n) is 3.39. The third-order valence-electron chi connectivity index (χ3n) is 1.67. The Balaban J connectivity index is 4.48. The molecule has 0 aromatic rings. The minimum absolute atomic E-state index is 0.142. The molecule has 0 radical (unpaired) electrons. The molecule has 0 aliphatic carbocycles. The molecule has 0 heterocycles. The van der Waals surface area contributed by atoms with Crippen molar-refractivity contribution in [1.29, 1.82) is 0 Å². The summed E-state index contributed by atoms with van der Waals surface area (Å²) in [6.07, 6.45) is 0.310. The average molecular weight is 223 g/mol. The van der Waals surface area contributed by atoms with Gasteiger partial charge in [0.25, 0.3) is 5.91 Å². The van der Waals surface area contributed by atoms with Gasteiger partial charge in [-0.3, -0.25) is 4.79 Å². The summed E-state index contributed by atoms with van der Waals surface area (Å²) in [6.45, 7) is 3.42. The normalized spacial score (nSPS) is 12.6. The van der Waals surface area contributed by atoms with Crippen LogP contribution >= 0.6 is 11.8 Å². The van der Waals surface area contributed by atoms with Gasteiger partial charge in [0, 0.05) is 11.8 Å². The first-order chi connectivity index (χ1) is 6.40. The first-order valence-electron chi connectivity index (χ1n) is 4.30. The summed E-state index contributed by atoms with van der Waals surface area (Å²) < 4.78 is 0.669. The van der Waals surface area contributed by atoms with Crippen molar-refractivity contribution >= 4 is 23.7 Å². The number of carbonyl (C=O) groups is 2. The molecule has 0 saturated carbocycles. The number of amides is 1. The van der Waals surface area contributed by atoms with Crippen LogP contribution in [-0.4, -0.2) is 34.0 Å². The van der Waals surface area contributed by atoms with E-state index in [1.54, 1.807) is 0 Å². The Morgan fingerprint density at radius 3 is 2.29 bits per heavy atom. The van der Waals surface area contributed by atoms with E-state index in [0.29, 0.717) is 10.8 Å². The fraction of sp³-hybridized carbons (Fsp3) is 0.750. The average Bonchev–Trinajstić information content (AvgIpc) is 2.11. The van der Waals surface area contributed by atoms with Crippen LogP contribution < -0.4 is 5.73 Å². The molecule has 0 aromatic carbocycles. The zero-order chi connectivity index (χ0) is 11.3. The number of carbonyl (C=O) groups excluding carboxylic acids is 1. The highest BCUT2D eigenvalue weighted by molar-refractivity contribution is 6.23. The Bertz CT molecular complexity index is 221. The van der Waals surface area contributed by atoms with E-state index in [2.05, 4.69) is 0 Å². The molecule has 0 rings (SSSR count). The summed E-state index contributed by atoms with van der Waals surface area (Å²) >= 11 is 5.56. The molecule has 0 bridgehead atoms. The topological polar surface area (TPSA) is 83.6 Å². The molecule has 5 nitrogen and oxygen atoms in total. The highest BCUT2D eigenvalue weighted by Crippen LogP contribution is 2.14. The summed E-state index contributed by atoms with van der Waals surface area (Å²) in [5.41, 5.74) is 5.07. The van der Waals surface area contributed by atoms with Crippen LogP contribution in [0.25, 0.3) is 0 Å². The molecule has 1 amide bonds. The van der Waals surface area contributed by atoms with Crippen molar-refractivity contribution < 1.29 is 14.7 Å². The lowest BCUT2D eigenvalue weighted by atomic mass is 10.0. The van der Waals surface area contributed by atoms with Gasteiger partial charge < -0.3 is 10.8 Å². The van der Waals surface area contributed by atoms with Crippen LogP contribution in [0, 0.1) is 5.92 Å². The lowest BCUT2D eigenvalue weighted by Crippen LogP contribution is -2.42. The van der Waals surface area contributed by atoms with E-state index in [1.807, 2.05) is 13.8 Å². The van der Waals surface area contributed by atoms with E-state index in [4.69, 9.17) is 22.6 Å². The zero-order valence-electron chi connectivity index (χ0n) is 8.24. The molecule has 0 aromatic heterocycles. The maximum atomic E-state index is 11.0. The molecule has 3 N–H and O–H groups in total. The number of carboxylic acids is 1. The highest BCUT2D eigenvalue weighted by Gasteiger charge is 2.28. The number of nitrogens with two attached hydrogens (primary N) is 1. The maximum absolute atomic E-state index is 11.0. The number of hydrogen-bond acceptors (Lipinski definition) is 3. The maximum Gasteiger partial charge on any atom is 0.327 e. The molecule has 1 unspecified atom stereocenters. The molecule has 82 valence electrons. The second kappa shape index (κ2) is 5.82. The Hall–Kier alpha value is -0.810. The summed E-state index contributed by atoms with van der Waals surface area (Å²) in [5.74, 6) is -1.56. The zero-order valence-corrected chi connectivity index (χ0v) is 8.99. The van der Waals surface area contributed by atoms with Crippen LogP contribution in [0.5, 0.6) is 0 Å². The van der Waals surface area contributed by atoms with Crippen LogP contribution in [0.15, 0.2) is 0 Å². The Morgan fingerprint density at radius 2 is 2.00 bits per heavy atom. The van der Waals surface area contributed by atoms with Crippen LogP contribution in [0.1, 0.15) is 20.3 Å². The van der Waals surface area contributed by atoms with Crippen LogP contribution in [0.4, 0.5) is 0 Å². The molecular weight excluding hydrogens is 208 g/mol. The van der Waals surface area contributed by atoms with Gasteiger partial charge in [-0.1, -0.05) is 13.8 Å². The molecule has 14 heavy (non-hydrogen) atoms. The smallest absolute Gasteiger partial charge is 0.327 e. The molecule has 0 aliphatic rings. The van der Waals surface area contributed by atoms with E-state index in [-0.39, 0.29) is 12.5 Å². The Labute approximate surface area is 87.9 Å². The van der Waals surface area contributed by atoms with Gasteiger partial charge in [-0.2, -0.15) is 0 Å². The van der Waals surface area contributed by atoms with Gasteiger partial charge in [-0.25, -0.2) is 9.21 Å². The van der Waals surface area contributed by atoms with Crippen LogP contribution in [0.2, 0.25) is 0 Å². The minimum atomic E-state index is -1.12. The van der Waals surface area contributed by atoms with Gasteiger partial charge in [0.2, 0.25) is 0 Å². The molecule has 0 spiro atoms. The van der Waals surface area contributed by atoms with Gasteiger partial charge in [-0.15, -0.1) is 0 Å². The van der Waals surface area contributed by atoms with Crippen molar-refractivity contribution in [3.05, 3.63) is 0 Å². The summed E-state index contributed by atoms with van der Waals surface area (Å²) in [5, 5.41) is 8.82.